The van der Waals surface area contributed by atoms with Gasteiger partial charge < -0.3 is 20.1 Å². The molecule has 0 bridgehead atoms. The number of hydrogen-bond donors (Lipinski definition) is 2. The van der Waals surface area contributed by atoms with E-state index in [0.29, 0.717) is 0 Å². The molecule has 1 aromatic carbocycles. The molecule has 0 aliphatic carbocycles. The standard InChI is InChI=1S/C13H20N2O2.2ClH/c1-14-13(10-16)11-2-4-12(5-3-11)15-6-8-17-9-7-15;;/h2-5,13-14,16H,6-10H2,1H3;2*1H. The van der Waals surface area contributed by atoms with E-state index in [1.165, 1.54) is 5.69 Å². The molecule has 2 N–H and O–H groups in total. The van der Waals surface area contributed by atoms with Crippen molar-refractivity contribution in [1.82, 2.24) is 5.32 Å². The minimum absolute atomic E-state index is 0. The molecule has 0 aromatic heterocycles. The van der Waals surface area contributed by atoms with Gasteiger partial charge in [0.15, 0.2) is 0 Å². The van der Waals surface area contributed by atoms with Crippen molar-refractivity contribution in [3.63, 3.8) is 0 Å². The second-order valence-corrected chi connectivity index (χ2v) is 4.21. The number of hydrogen-bond acceptors (Lipinski definition) is 4. The molecule has 2 rings (SSSR count). The lowest BCUT2D eigenvalue weighted by atomic mass is 10.1. The van der Waals surface area contributed by atoms with Crippen LogP contribution in [0.4, 0.5) is 5.69 Å². The smallest absolute Gasteiger partial charge is 0.0642 e. The van der Waals surface area contributed by atoms with Crippen LogP contribution in [-0.2, 0) is 4.74 Å². The molecule has 110 valence electrons. The maximum Gasteiger partial charge on any atom is 0.0642 e. The lowest BCUT2D eigenvalue weighted by Crippen LogP contribution is -2.36. The number of likely N-dealkylation sites (N-methyl/N-ethyl adjacent to an activating group) is 1. The van der Waals surface area contributed by atoms with Gasteiger partial charge >= 0.3 is 0 Å². The predicted octanol–water partition coefficient (Wildman–Crippen LogP) is 1.62. The molecule has 1 unspecified atom stereocenters. The van der Waals surface area contributed by atoms with Crippen molar-refractivity contribution < 1.29 is 9.84 Å². The molecular formula is C13H22Cl2N2O2. The molecule has 1 aliphatic heterocycles. The number of aliphatic hydroxyl groups is 1. The maximum atomic E-state index is 9.21. The first-order valence-corrected chi connectivity index (χ1v) is 6.06. The summed E-state index contributed by atoms with van der Waals surface area (Å²) in [6.45, 7) is 3.63. The van der Waals surface area contributed by atoms with Crippen molar-refractivity contribution in [3.05, 3.63) is 29.8 Å². The average Bonchev–Trinajstić information content (AvgIpc) is 2.42. The average molecular weight is 309 g/mol. The second-order valence-electron chi connectivity index (χ2n) is 4.21. The van der Waals surface area contributed by atoms with Crippen LogP contribution in [0.25, 0.3) is 0 Å². The lowest BCUT2D eigenvalue weighted by molar-refractivity contribution is 0.122. The van der Waals surface area contributed by atoms with Crippen LogP contribution >= 0.6 is 24.8 Å². The second kappa shape index (κ2) is 9.39. The number of nitrogens with one attached hydrogen (secondary N) is 1. The Balaban J connectivity index is 0.00000162. The zero-order valence-electron chi connectivity index (χ0n) is 11.0. The third-order valence-corrected chi connectivity index (χ3v) is 3.20. The van der Waals surface area contributed by atoms with Gasteiger partial charge in [-0.2, -0.15) is 0 Å². The number of rotatable bonds is 4. The molecule has 4 nitrogen and oxygen atoms in total. The summed E-state index contributed by atoms with van der Waals surface area (Å²) in [5.74, 6) is 0. The van der Waals surface area contributed by atoms with E-state index >= 15 is 0 Å². The van der Waals surface area contributed by atoms with Crippen LogP contribution in [0.5, 0.6) is 0 Å². The van der Waals surface area contributed by atoms with Crippen LogP contribution < -0.4 is 10.2 Å². The fourth-order valence-corrected chi connectivity index (χ4v) is 2.10. The van der Waals surface area contributed by atoms with Crippen LogP contribution in [0.2, 0.25) is 0 Å². The first-order valence-electron chi connectivity index (χ1n) is 6.06. The molecule has 0 spiro atoms. The molecule has 0 radical (unpaired) electrons. The summed E-state index contributed by atoms with van der Waals surface area (Å²) in [7, 11) is 1.86. The number of nitrogens with zero attached hydrogens (tertiary/aromatic N) is 1. The van der Waals surface area contributed by atoms with E-state index in [4.69, 9.17) is 4.74 Å². The first kappa shape index (κ1) is 18.5. The Morgan fingerprint density at radius 1 is 1.21 bits per heavy atom. The molecule has 0 amide bonds. The van der Waals surface area contributed by atoms with Gasteiger partial charge in [-0.15, -0.1) is 24.8 Å². The van der Waals surface area contributed by atoms with E-state index in [1.807, 2.05) is 7.05 Å². The van der Waals surface area contributed by atoms with Gasteiger partial charge in [-0.05, 0) is 24.7 Å². The Hall–Kier alpha value is -0.520. The third-order valence-electron chi connectivity index (χ3n) is 3.20. The number of ether oxygens (including phenoxy) is 1. The van der Waals surface area contributed by atoms with E-state index in [0.717, 1.165) is 31.9 Å². The molecule has 1 heterocycles. The number of anilines is 1. The predicted molar refractivity (Wildman–Crippen MR) is 82.9 cm³/mol. The summed E-state index contributed by atoms with van der Waals surface area (Å²) < 4.78 is 5.33. The molecule has 19 heavy (non-hydrogen) atoms. The highest BCUT2D eigenvalue weighted by molar-refractivity contribution is 5.85. The van der Waals surface area contributed by atoms with Crippen LogP contribution in [-0.4, -0.2) is 45.1 Å². The fraction of sp³-hybridized carbons (Fsp3) is 0.538. The van der Waals surface area contributed by atoms with Crippen LogP contribution in [0.3, 0.4) is 0 Å². The molecule has 6 heteroatoms. The van der Waals surface area contributed by atoms with Crippen LogP contribution in [0, 0.1) is 0 Å². The van der Waals surface area contributed by atoms with Crippen LogP contribution in [0.1, 0.15) is 11.6 Å². The highest BCUT2D eigenvalue weighted by Gasteiger charge is 2.12. The molecule has 1 aliphatic rings. The molecule has 1 fully saturated rings. The molecule has 0 saturated carbocycles. The van der Waals surface area contributed by atoms with E-state index in [-0.39, 0.29) is 37.5 Å². The monoisotopic (exact) mass is 308 g/mol. The van der Waals surface area contributed by atoms with E-state index < -0.39 is 0 Å². The summed E-state index contributed by atoms with van der Waals surface area (Å²) in [4.78, 5) is 2.32. The van der Waals surface area contributed by atoms with Crippen molar-refractivity contribution in [2.75, 3.05) is 44.9 Å². The van der Waals surface area contributed by atoms with Gasteiger partial charge in [0.2, 0.25) is 0 Å². The third kappa shape index (κ3) is 4.82. The quantitative estimate of drug-likeness (QED) is 0.887. The summed E-state index contributed by atoms with van der Waals surface area (Å²) in [6, 6.07) is 8.39. The summed E-state index contributed by atoms with van der Waals surface area (Å²) >= 11 is 0. The van der Waals surface area contributed by atoms with Crippen molar-refractivity contribution in [3.8, 4) is 0 Å². The van der Waals surface area contributed by atoms with Crippen molar-refractivity contribution in [2.24, 2.45) is 0 Å². The number of halogens is 2. The van der Waals surface area contributed by atoms with Gasteiger partial charge in [-0.1, -0.05) is 12.1 Å². The number of benzene rings is 1. The topological polar surface area (TPSA) is 44.7 Å². The van der Waals surface area contributed by atoms with E-state index in [2.05, 4.69) is 34.5 Å². The number of morpholine rings is 1. The molecule has 1 aromatic rings. The van der Waals surface area contributed by atoms with Gasteiger partial charge in [-0.3, -0.25) is 0 Å². The fourth-order valence-electron chi connectivity index (χ4n) is 2.10. The zero-order chi connectivity index (χ0) is 12.1. The van der Waals surface area contributed by atoms with Gasteiger partial charge in [0, 0.05) is 18.8 Å². The van der Waals surface area contributed by atoms with Crippen LogP contribution in [0.15, 0.2) is 24.3 Å². The van der Waals surface area contributed by atoms with Gasteiger partial charge in [0.1, 0.15) is 0 Å². The Kier molecular flexibility index (Phi) is 9.14. The highest BCUT2D eigenvalue weighted by atomic mass is 35.5. The molecule has 1 atom stereocenters. The van der Waals surface area contributed by atoms with E-state index in [9.17, 15) is 5.11 Å². The Morgan fingerprint density at radius 2 is 1.79 bits per heavy atom. The maximum absolute atomic E-state index is 9.21. The summed E-state index contributed by atoms with van der Waals surface area (Å²) in [5.41, 5.74) is 2.34. The molecule has 1 saturated heterocycles. The number of aliphatic hydroxyl groups excluding tert-OH is 1. The Labute approximate surface area is 127 Å². The Bertz CT molecular complexity index is 339. The first-order chi connectivity index (χ1) is 8.35. The van der Waals surface area contributed by atoms with Crippen molar-refractivity contribution >= 4 is 30.5 Å². The Morgan fingerprint density at radius 3 is 2.26 bits per heavy atom. The van der Waals surface area contributed by atoms with Gasteiger partial charge in [-0.25, -0.2) is 0 Å². The van der Waals surface area contributed by atoms with Gasteiger partial charge in [0.05, 0.1) is 25.9 Å². The minimum atomic E-state index is 0. The summed E-state index contributed by atoms with van der Waals surface area (Å²) in [6.07, 6.45) is 0. The van der Waals surface area contributed by atoms with Crippen molar-refractivity contribution in [1.29, 1.82) is 0 Å². The largest absolute Gasteiger partial charge is 0.394 e. The normalized spacial score (nSPS) is 16.2. The van der Waals surface area contributed by atoms with Crippen molar-refractivity contribution in [2.45, 2.75) is 6.04 Å². The SMILES string of the molecule is CNC(CO)c1ccc(N2CCOCC2)cc1.Cl.Cl. The zero-order valence-corrected chi connectivity index (χ0v) is 12.7. The van der Waals surface area contributed by atoms with E-state index in [1.54, 1.807) is 0 Å². The lowest BCUT2D eigenvalue weighted by Gasteiger charge is -2.29. The minimum Gasteiger partial charge on any atom is -0.394 e. The van der Waals surface area contributed by atoms with Gasteiger partial charge in [0.25, 0.3) is 0 Å². The molecular weight excluding hydrogens is 287 g/mol. The highest BCUT2D eigenvalue weighted by Crippen LogP contribution is 2.19. The summed E-state index contributed by atoms with van der Waals surface area (Å²) in [5, 5.41) is 12.3.